The molecule has 2 heterocycles. The maximum atomic E-state index is 11.8. The molecule has 0 saturated heterocycles. The van der Waals surface area contributed by atoms with E-state index in [4.69, 9.17) is 5.11 Å². The predicted molar refractivity (Wildman–Crippen MR) is 64.1 cm³/mol. The normalized spacial score (nSPS) is 12.6. The van der Waals surface area contributed by atoms with Crippen LogP contribution in [-0.4, -0.2) is 37.8 Å². The van der Waals surface area contributed by atoms with Crippen molar-refractivity contribution in [1.82, 2.24) is 19.5 Å². The Morgan fingerprint density at radius 3 is 3.00 bits per heavy atom. The number of amides is 1. The van der Waals surface area contributed by atoms with Crippen molar-refractivity contribution in [1.29, 1.82) is 0 Å². The van der Waals surface area contributed by atoms with Gasteiger partial charge in [-0.05, 0) is 19.1 Å². The molecule has 0 aromatic carbocycles. The average molecular weight is 250 g/mol. The first kappa shape index (κ1) is 12.3. The van der Waals surface area contributed by atoms with Crippen LogP contribution < -0.4 is 11.0 Å². The Morgan fingerprint density at radius 1 is 1.56 bits per heavy atom. The van der Waals surface area contributed by atoms with Gasteiger partial charge in [0, 0.05) is 12.7 Å². The molecule has 2 rings (SSSR count). The van der Waals surface area contributed by atoms with E-state index in [0.29, 0.717) is 5.65 Å². The molecule has 0 aliphatic heterocycles. The Bertz CT molecular complexity index is 614. The number of aliphatic hydroxyl groups is 1. The molecular weight excluding hydrogens is 236 g/mol. The number of hydrogen-bond acceptors (Lipinski definition) is 4. The Morgan fingerprint density at radius 2 is 2.33 bits per heavy atom. The van der Waals surface area contributed by atoms with Crippen LogP contribution in [0.5, 0.6) is 0 Å². The molecule has 2 aromatic heterocycles. The Hall–Kier alpha value is -2.15. The number of carbonyl (C=O) groups excluding carboxylic acids is 1. The lowest BCUT2D eigenvalue weighted by atomic mass is 10.4. The van der Waals surface area contributed by atoms with Gasteiger partial charge in [-0.15, -0.1) is 5.10 Å². The molecule has 96 valence electrons. The predicted octanol–water partition coefficient (Wildman–Crippen LogP) is -1.01. The van der Waals surface area contributed by atoms with Crippen molar-refractivity contribution in [2.45, 2.75) is 19.6 Å². The van der Waals surface area contributed by atoms with E-state index >= 15 is 0 Å². The fourth-order valence-corrected chi connectivity index (χ4v) is 1.52. The molecule has 18 heavy (non-hydrogen) atoms. The fourth-order valence-electron chi connectivity index (χ4n) is 1.52. The van der Waals surface area contributed by atoms with Crippen LogP contribution in [-0.2, 0) is 11.3 Å². The Labute approximate surface area is 103 Å². The maximum absolute atomic E-state index is 11.8. The number of aliphatic hydroxyl groups excluding tert-OH is 1. The third kappa shape index (κ3) is 2.57. The number of fused-ring (bicyclic) bond motifs is 1. The van der Waals surface area contributed by atoms with E-state index in [1.165, 1.54) is 4.40 Å². The van der Waals surface area contributed by atoms with Crippen molar-refractivity contribution >= 4 is 11.6 Å². The highest BCUT2D eigenvalue weighted by Gasteiger charge is 2.10. The van der Waals surface area contributed by atoms with Crippen molar-refractivity contribution in [2.24, 2.45) is 0 Å². The van der Waals surface area contributed by atoms with Gasteiger partial charge in [0.15, 0.2) is 5.65 Å². The van der Waals surface area contributed by atoms with Gasteiger partial charge in [-0.2, -0.15) is 0 Å². The third-order valence-corrected chi connectivity index (χ3v) is 2.38. The quantitative estimate of drug-likeness (QED) is 0.728. The lowest BCUT2D eigenvalue weighted by Crippen LogP contribution is -2.36. The molecular formula is C11H14N4O3. The van der Waals surface area contributed by atoms with Crippen molar-refractivity contribution in [3.63, 3.8) is 0 Å². The average Bonchev–Trinajstić information content (AvgIpc) is 2.65. The summed E-state index contributed by atoms with van der Waals surface area (Å²) in [6.45, 7) is 1.56. The number of nitrogens with one attached hydrogen (secondary N) is 1. The van der Waals surface area contributed by atoms with E-state index in [1.807, 2.05) is 0 Å². The zero-order valence-corrected chi connectivity index (χ0v) is 9.91. The summed E-state index contributed by atoms with van der Waals surface area (Å²) in [4.78, 5) is 23.4. The minimum atomic E-state index is -0.619. The zero-order chi connectivity index (χ0) is 13.1. The SMILES string of the molecule is CC(O)CNC(=O)Cn1nc2ccccn2c1=O. The fraction of sp³-hybridized carbons (Fsp3) is 0.364. The highest BCUT2D eigenvalue weighted by atomic mass is 16.3. The van der Waals surface area contributed by atoms with Gasteiger partial charge in [0.1, 0.15) is 6.54 Å². The summed E-state index contributed by atoms with van der Waals surface area (Å²) in [7, 11) is 0. The summed E-state index contributed by atoms with van der Waals surface area (Å²) in [5.41, 5.74) is 0.128. The van der Waals surface area contributed by atoms with Crippen molar-refractivity contribution < 1.29 is 9.90 Å². The summed E-state index contributed by atoms with van der Waals surface area (Å²) < 4.78 is 2.45. The highest BCUT2D eigenvalue weighted by molar-refractivity contribution is 5.75. The second-order valence-electron chi connectivity index (χ2n) is 4.02. The van der Waals surface area contributed by atoms with E-state index in [2.05, 4.69) is 10.4 Å². The zero-order valence-electron chi connectivity index (χ0n) is 9.91. The van der Waals surface area contributed by atoms with E-state index in [-0.39, 0.29) is 24.7 Å². The van der Waals surface area contributed by atoms with Gasteiger partial charge in [0.2, 0.25) is 5.91 Å². The Balaban J connectivity index is 2.15. The number of carbonyl (C=O) groups is 1. The Kier molecular flexibility index (Phi) is 3.42. The minimum absolute atomic E-state index is 0.154. The first-order valence-electron chi connectivity index (χ1n) is 5.57. The molecule has 2 N–H and O–H groups in total. The van der Waals surface area contributed by atoms with Gasteiger partial charge in [0.05, 0.1) is 6.10 Å². The van der Waals surface area contributed by atoms with Gasteiger partial charge in [-0.25, -0.2) is 9.48 Å². The molecule has 0 bridgehead atoms. The number of aromatic nitrogens is 3. The molecule has 0 spiro atoms. The number of pyridine rings is 1. The van der Waals surface area contributed by atoms with Crippen LogP contribution in [0.15, 0.2) is 29.2 Å². The molecule has 0 aliphatic carbocycles. The lowest BCUT2D eigenvalue weighted by molar-refractivity contribution is -0.122. The second-order valence-corrected chi connectivity index (χ2v) is 4.02. The molecule has 1 unspecified atom stereocenters. The standard InChI is InChI=1S/C11H14N4O3/c1-8(16)6-12-10(17)7-15-11(18)14-5-3-2-4-9(14)13-15/h2-5,8,16H,6-7H2,1H3,(H,12,17). The van der Waals surface area contributed by atoms with Crippen molar-refractivity contribution in [3.8, 4) is 0 Å². The van der Waals surface area contributed by atoms with Crippen LogP contribution in [0.4, 0.5) is 0 Å². The molecule has 0 fully saturated rings. The molecule has 0 saturated carbocycles. The smallest absolute Gasteiger partial charge is 0.350 e. The summed E-state index contributed by atoms with van der Waals surface area (Å²) >= 11 is 0. The number of nitrogens with zero attached hydrogens (tertiary/aromatic N) is 3. The molecule has 7 heteroatoms. The first-order valence-corrected chi connectivity index (χ1v) is 5.57. The van der Waals surface area contributed by atoms with Crippen LogP contribution in [0.1, 0.15) is 6.92 Å². The van der Waals surface area contributed by atoms with Gasteiger partial charge in [-0.3, -0.25) is 9.20 Å². The summed E-state index contributed by atoms with van der Waals surface area (Å²) in [6.07, 6.45) is 0.973. The highest BCUT2D eigenvalue weighted by Crippen LogP contribution is 1.94. The molecule has 1 amide bonds. The molecule has 2 aromatic rings. The van der Waals surface area contributed by atoms with Gasteiger partial charge in [0.25, 0.3) is 0 Å². The summed E-state index contributed by atoms with van der Waals surface area (Å²) in [5.74, 6) is -0.360. The van der Waals surface area contributed by atoms with Gasteiger partial charge in [-0.1, -0.05) is 6.07 Å². The largest absolute Gasteiger partial charge is 0.392 e. The lowest BCUT2D eigenvalue weighted by Gasteiger charge is -2.05. The summed E-state index contributed by atoms with van der Waals surface area (Å²) in [5, 5.41) is 15.6. The van der Waals surface area contributed by atoms with E-state index in [1.54, 1.807) is 31.3 Å². The maximum Gasteiger partial charge on any atom is 0.350 e. The van der Waals surface area contributed by atoms with Crippen LogP contribution >= 0.6 is 0 Å². The topological polar surface area (TPSA) is 88.6 Å². The molecule has 0 radical (unpaired) electrons. The van der Waals surface area contributed by atoms with Crippen LogP contribution in [0.3, 0.4) is 0 Å². The third-order valence-electron chi connectivity index (χ3n) is 2.38. The van der Waals surface area contributed by atoms with E-state index in [9.17, 15) is 9.59 Å². The van der Waals surface area contributed by atoms with Gasteiger partial charge >= 0.3 is 5.69 Å². The van der Waals surface area contributed by atoms with Crippen molar-refractivity contribution in [3.05, 3.63) is 34.9 Å². The molecule has 7 nitrogen and oxygen atoms in total. The van der Waals surface area contributed by atoms with Gasteiger partial charge < -0.3 is 10.4 Å². The number of hydrogen-bond donors (Lipinski definition) is 2. The van der Waals surface area contributed by atoms with Crippen LogP contribution in [0.25, 0.3) is 5.65 Å². The summed E-state index contributed by atoms with van der Waals surface area (Å²) in [6, 6.07) is 5.17. The monoisotopic (exact) mass is 250 g/mol. The van der Waals surface area contributed by atoms with Crippen LogP contribution in [0, 0.1) is 0 Å². The molecule has 0 aliphatic rings. The first-order chi connectivity index (χ1) is 8.58. The number of rotatable bonds is 4. The van der Waals surface area contributed by atoms with E-state index in [0.717, 1.165) is 4.68 Å². The van der Waals surface area contributed by atoms with E-state index < -0.39 is 6.10 Å². The van der Waals surface area contributed by atoms with Crippen molar-refractivity contribution in [2.75, 3.05) is 6.54 Å². The minimum Gasteiger partial charge on any atom is -0.392 e. The second kappa shape index (κ2) is 5.01. The van der Waals surface area contributed by atoms with Crippen LogP contribution in [0.2, 0.25) is 0 Å². The molecule has 1 atom stereocenters.